The van der Waals surface area contributed by atoms with Crippen LogP contribution < -0.4 is 5.32 Å². The molecule has 90 valence electrons. The van der Waals surface area contributed by atoms with Gasteiger partial charge in [-0.2, -0.15) is 0 Å². The fraction of sp³-hybridized carbons (Fsp3) is 1.00. The van der Waals surface area contributed by atoms with Gasteiger partial charge in [0, 0.05) is 11.6 Å². The second-order valence-corrected chi connectivity index (χ2v) is 6.05. The lowest BCUT2D eigenvalue weighted by Crippen LogP contribution is -2.51. The molecule has 0 aromatic rings. The second-order valence-electron chi connectivity index (χ2n) is 6.05. The van der Waals surface area contributed by atoms with Crippen molar-refractivity contribution in [1.29, 1.82) is 0 Å². The van der Waals surface area contributed by atoms with Gasteiger partial charge in [-0.05, 0) is 37.5 Å². The Bertz CT molecular complexity index is 167. The summed E-state index contributed by atoms with van der Waals surface area (Å²) in [6, 6.07) is 0.676. The van der Waals surface area contributed by atoms with Crippen LogP contribution in [0.1, 0.15) is 53.4 Å². The second kappa shape index (κ2) is 5.31. The summed E-state index contributed by atoms with van der Waals surface area (Å²) in [5, 5.41) is 13.4. The molecule has 2 nitrogen and oxygen atoms in total. The van der Waals surface area contributed by atoms with Crippen LogP contribution in [0.15, 0.2) is 0 Å². The van der Waals surface area contributed by atoms with E-state index in [0.29, 0.717) is 17.9 Å². The highest BCUT2D eigenvalue weighted by Crippen LogP contribution is 2.30. The fourth-order valence-electron chi connectivity index (χ4n) is 2.60. The van der Waals surface area contributed by atoms with E-state index in [9.17, 15) is 5.11 Å². The molecule has 0 saturated heterocycles. The van der Waals surface area contributed by atoms with Gasteiger partial charge in [-0.25, -0.2) is 0 Å². The van der Waals surface area contributed by atoms with Crippen molar-refractivity contribution in [3.05, 3.63) is 0 Å². The van der Waals surface area contributed by atoms with E-state index >= 15 is 0 Å². The number of aliphatic hydroxyl groups excluding tert-OH is 1. The quantitative estimate of drug-likeness (QED) is 0.681. The molecule has 1 rings (SSSR count). The molecule has 15 heavy (non-hydrogen) atoms. The largest absolute Gasteiger partial charge is 0.394 e. The monoisotopic (exact) mass is 213 g/mol. The van der Waals surface area contributed by atoms with Crippen LogP contribution in [0.3, 0.4) is 0 Å². The Kier molecular flexibility index (Phi) is 4.60. The highest BCUT2D eigenvalue weighted by molar-refractivity contribution is 4.96. The lowest BCUT2D eigenvalue weighted by molar-refractivity contribution is 0.115. The zero-order valence-electron chi connectivity index (χ0n) is 10.7. The third kappa shape index (κ3) is 4.52. The number of rotatable bonds is 7. The molecule has 0 atom stereocenters. The Labute approximate surface area is 94.5 Å². The molecule has 0 amide bonds. The molecular weight excluding hydrogens is 186 g/mol. The normalized spacial score (nSPS) is 17.8. The predicted molar refractivity (Wildman–Crippen MR) is 64.9 cm³/mol. The van der Waals surface area contributed by atoms with Crippen LogP contribution in [0.4, 0.5) is 0 Å². The van der Waals surface area contributed by atoms with Gasteiger partial charge in [0.05, 0.1) is 6.61 Å². The first-order valence-corrected chi connectivity index (χ1v) is 6.36. The topological polar surface area (TPSA) is 32.3 Å². The molecule has 2 heteroatoms. The molecule has 1 saturated carbocycles. The standard InChI is InChI=1S/C13H27NO/c1-10(2)7-13(9-15,8-11(3)4)14-12-5-6-12/h10-12,14-15H,5-9H2,1-4H3. The lowest BCUT2D eigenvalue weighted by atomic mass is 9.82. The lowest BCUT2D eigenvalue weighted by Gasteiger charge is -2.36. The third-order valence-electron chi connectivity index (χ3n) is 2.99. The minimum atomic E-state index is -0.0243. The number of hydrogen-bond donors (Lipinski definition) is 2. The smallest absolute Gasteiger partial charge is 0.0613 e. The Morgan fingerprint density at radius 1 is 1.13 bits per heavy atom. The summed E-state index contributed by atoms with van der Waals surface area (Å²) in [5.41, 5.74) is -0.0243. The molecule has 1 aliphatic carbocycles. The van der Waals surface area contributed by atoms with Gasteiger partial charge in [0.2, 0.25) is 0 Å². The van der Waals surface area contributed by atoms with Crippen LogP contribution in [0, 0.1) is 11.8 Å². The van der Waals surface area contributed by atoms with Crippen molar-refractivity contribution >= 4 is 0 Å². The predicted octanol–water partition coefficient (Wildman–Crippen LogP) is 2.56. The van der Waals surface area contributed by atoms with Gasteiger partial charge in [0.15, 0.2) is 0 Å². The van der Waals surface area contributed by atoms with Crippen LogP contribution in [-0.4, -0.2) is 23.3 Å². The van der Waals surface area contributed by atoms with Gasteiger partial charge >= 0.3 is 0 Å². The minimum Gasteiger partial charge on any atom is -0.394 e. The van der Waals surface area contributed by atoms with Crippen LogP contribution in [0.2, 0.25) is 0 Å². The van der Waals surface area contributed by atoms with Crippen molar-refractivity contribution in [2.24, 2.45) is 11.8 Å². The molecule has 1 aliphatic rings. The van der Waals surface area contributed by atoms with E-state index < -0.39 is 0 Å². The maximum Gasteiger partial charge on any atom is 0.0613 e. The van der Waals surface area contributed by atoms with E-state index in [1.54, 1.807) is 0 Å². The van der Waals surface area contributed by atoms with E-state index in [4.69, 9.17) is 0 Å². The summed E-state index contributed by atoms with van der Waals surface area (Å²) in [6.45, 7) is 9.22. The maximum absolute atomic E-state index is 9.69. The molecule has 0 aliphatic heterocycles. The SMILES string of the molecule is CC(C)CC(CO)(CC(C)C)NC1CC1. The van der Waals surface area contributed by atoms with Crippen molar-refractivity contribution in [2.45, 2.75) is 65.0 Å². The van der Waals surface area contributed by atoms with E-state index in [0.717, 1.165) is 12.8 Å². The van der Waals surface area contributed by atoms with Crippen molar-refractivity contribution in [2.75, 3.05) is 6.61 Å². The summed E-state index contributed by atoms with van der Waals surface area (Å²) in [4.78, 5) is 0. The van der Waals surface area contributed by atoms with Crippen LogP contribution in [0.5, 0.6) is 0 Å². The Morgan fingerprint density at radius 3 is 1.87 bits per heavy atom. The summed E-state index contributed by atoms with van der Waals surface area (Å²) in [6.07, 6.45) is 4.74. The van der Waals surface area contributed by atoms with Gasteiger partial charge in [0.25, 0.3) is 0 Å². The Hall–Kier alpha value is -0.0800. The van der Waals surface area contributed by atoms with Crippen molar-refractivity contribution in [3.8, 4) is 0 Å². The third-order valence-corrected chi connectivity index (χ3v) is 2.99. The molecule has 1 fully saturated rings. The first-order chi connectivity index (χ1) is 6.97. The molecule has 0 radical (unpaired) electrons. The number of nitrogens with one attached hydrogen (secondary N) is 1. The van der Waals surface area contributed by atoms with Crippen LogP contribution >= 0.6 is 0 Å². The van der Waals surface area contributed by atoms with Gasteiger partial charge in [-0.1, -0.05) is 27.7 Å². The van der Waals surface area contributed by atoms with Crippen LogP contribution in [-0.2, 0) is 0 Å². The van der Waals surface area contributed by atoms with E-state index in [2.05, 4.69) is 33.0 Å². The highest BCUT2D eigenvalue weighted by atomic mass is 16.3. The molecule has 0 unspecified atom stereocenters. The van der Waals surface area contributed by atoms with Crippen molar-refractivity contribution in [3.63, 3.8) is 0 Å². The zero-order valence-corrected chi connectivity index (χ0v) is 10.7. The molecule has 0 bridgehead atoms. The van der Waals surface area contributed by atoms with Gasteiger partial charge in [0.1, 0.15) is 0 Å². The summed E-state index contributed by atoms with van der Waals surface area (Å²) < 4.78 is 0. The summed E-state index contributed by atoms with van der Waals surface area (Å²) >= 11 is 0. The molecule has 0 aromatic heterocycles. The van der Waals surface area contributed by atoms with Crippen molar-refractivity contribution < 1.29 is 5.11 Å². The number of aliphatic hydroxyl groups is 1. The molecule has 2 N–H and O–H groups in total. The number of hydrogen-bond acceptors (Lipinski definition) is 2. The van der Waals surface area contributed by atoms with Crippen molar-refractivity contribution in [1.82, 2.24) is 5.32 Å². The summed E-state index contributed by atoms with van der Waals surface area (Å²) in [5.74, 6) is 1.28. The summed E-state index contributed by atoms with van der Waals surface area (Å²) in [7, 11) is 0. The first kappa shape index (κ1) is 13.0. The Balaban J connectivity index is 2.59. The van der Waals surface area contributed by atoms with Crippen LogP contribution in [0.25, 0.3) is 0 Å². The Morgan fingerprint density at radius 2 is 1.60 bits per heavy atom. The molecule has 0 spiro atoms. The molecular formula is C13H27NO. The molecule has 0 aromatic carbocycles. The van der Waals surface area contributed by atoms with Gasteiger partial charge in [-0.3, -0.25) is 0 Å². The average Bonchev–Trinajstić information content (AvgIpc) is 2.85. The fourth-order valence-corrected chi connectivity index (χ4v) is 2.60. The average molecular weight is 213 g/mol. The maximum atomic E-state index is 9.69. The minimum absolute atomic E-state index is 0.0243. The first-order valence-electron chi connectivity index (χ1n) is 6.36. The van der Waals surface area contributed by atoms with E-state index in [1.165, 1.54) is 12.8 Å². The van der Waals surface area contributed by atoms with Gasteiger partial charge in [-0.15, -0.1) is 0 Å². The van der Waals surface area contributed by atoms with E-state index in [1.807, 2.05) is 0 Å². The molecule has 0 heterocycles. The van der Waals surface area contributed by atoms with Gasteiger partial charge < -0.3 is 10.4 Å². The van der Waals surface area contributed by atoms with E-state index in [-0.39, 0.29) is 12.1 Å². The highest BCUT2D eigenvalue weighted by Gasteiger charge is 2.36. The zero-order chi connectivity index (χ0) is 11.5.